The SMILES string of the molecule is C=CCCCC(O)(Cc1ccccc1)Cc1ccccc1. The summed E-state index contributed by atoms with van der Waals surface area (Å²) in [6, 6.07) is 20.5. The lowest BCUT2D eigenvalue weighted by Gasteiger charge is -2.29. The summed E-state index contributed by atoms with van der Waals surface area (Å²) in [4.78, 5) is 0. The Kier molecular flexibility index (Phi) is 5.77. The highest BCUT2D eigenvalue weighted by atomic mass is 16.3. The molecule has 1 nitrogen and oxygen atoms in total. The summed E-state index contributed by atoms with van der Waals surface area (Å²) in [6.45, 7) is 3.77. The molecule has 1 N–H and O–H groups in total. The van der Waals surface area contributed by atoms with Gasteiger partial charge in [0.05, 0.1) is 5.60 Å². The molecule has 0 heterocycles. The van der Waals surface area contributed by atoms with Gasteiger partial charge in [-0.15, -0.1) is 6.58 Å². The van der Waals surface area contributed by atoms with E-state index in [4.69, 9.17) is 0 Å². The maximum Gasteiger partial charge on any atom is 0.0728 e. The van der Waals surface area contributed by atoms with Gasteiger partial charge in [-0.2, -0.15) is 0 Å². The van der Waals surface area contributed by atoms with Gasteiger partial charge < -0.3 is 5.11 Å². The number of unbranched alkanes of at least 4 members (excludes halogenated alkanes) is 1. The smallest absolute Gasteiger partial charge is 0.0728 e. The molecule has 0 aromatic heterocycles. The molecule has 0 saturated heterocycles. The number of allylic oxidation sites excluding steroid dienone is 1. The standard InChI is InChI=1S/C20H24O/c1-2-3-10-15-20(21,16-18-11-6-4-7-12-18)17-19-13-8-5-9-14-19/h2,4-9,11-14,21H,1,3,10,15-17H2. The third-order valence-electron chi connectivity index (χ3n) is 3.80. The zero-order valence-electron chi connectivity index (χ0n) is 12.5. The minimum atomic E-state index is -0.689. The Labute approximate surface area is 128 Å². The second-order valence-corrected chi connectivity index (χ2v) is 5.73. The van der Waals surface area contributed by atoms with E-state index in [0.717, 1.165) is 19.3 Å². The van der Waals surface area contributed by atoms with Crippen molar-refractivity contribution in [3.63, 3.8) is 0 Å². The molecule has 0 aliphatic heterocycles. The lowest BCUT2D eigenvalue weighted by atomic mass is 9.84. The molecule has 0 unspecified atom stereocenters. The lowest BCUT2D eigenvalue weighted by Crippen LogP contribution is -2.34. The van der Waals surface area contributed by atoms with Crippen molar-refractivity contribution in [3.8, 4) is 0 Å². The highest BCUT2D eigenvalue weighted by molar-refractivity contribution is 5.21. The van der Waals surface area contributed by atoms with Crippen molar-refractivity contribution in [2.24, 2.45) is 0 Å². The first-order valence-electron chi connectivity index (χ1n) is 7.63. The topological polar surface area (TPSA) is 20.2 Å². The molecule has 2 aromatic rings. The van der Waals surface area contributed by atoms with Crippen LogP contribution in [0.5, 0.6) is 0 Å². The number of hydrogen-bond acceptors (Lipinski definition) is 1. The molecule has 0 radical (unpaired) electrons. The van der Waals surface area contributed by atoms with Crippen LogP contribution in [0.2, 0.25) is 0 Å². The predicted molar refractivity (Wildman–Crippen MR) is 89.3 cm³/mol. The highest BCUT2D eigenvalue weighted by Crippen LogP contribution is 2.25. The van der Waals surface area contributed by atoms with Gasteiger partial charge in [0, 0.05) is 12.8 Å². The van der Waals surface area contributed by atoms with Crippen molar-refractivity contribution >= 4 is 0 Å². The molecule has 110 valence electrons. The summed E-state index contributed by atoms with van der Waals surface area (Å²) < 4.78 is 0. The number of rotatable bonds is 8. The Morgan fingerprint density at radius 1 is 0.857 bits per heavy atom. The van der Waals surface area contributed by atoms with Crippen molar-refractivity contribution in [3.05, 3.63) is 84.4 Å². The van der Waals surface area contributed by atoms with Gasteiger partial charge >= 0.3 is 0 Å². The Morgan fingerprint density at radius 2 is 1.33 bits per heavy atom. The minimum Gasteiger partial charge on any atom is -0.389 e. The van der Waals surface area contributed by atoms with E-state index in [-0.39, 0.29) is 0 Å². The molecule has 0 fully saturated rings. The van der Waals surface area contributed by atoms with Crippen LogP contribution < -0.4 is 0 Å². The molecule has 0 saturated carbocycles. The van der Waals surface area contributed by atoms with Crippen LogP contribution in [0.4, 0.5) is 0 Å². The lowest BCUT2D eigenvalue weighted by molar-refractivity contribution is 0.0302. The fourth-order valence-corrected chi connectivity index (χ4v) is 2.77. The Balaban J connectivity index is 2.11. The molecule has 2 rings (SSSR count). The normalized spacial score (nSPS) is 11.3. The van der Waals surface area contributed by atoms with E-state index in [1.54, 1.807) is 0 Å². The monoisotopic (exact) mass is 280 g/mol. The van der Waals surface area contributed by atoms with E-state index < -0.39 is 5.60 Å². The highest BCUT2D eigenvalue weighted by Gasteiger charge is 2.27. The Morgan fingerprint density at radius 3 is 1.76 bits per heavy atom. The van der Waals surface area contributed by atoms with Gasteiger partial charge in [-0.3, -0.25) is 0 Å². The molecule has 1 heteroatoms. The van der Waals surface area contributed by atoms with Gasteiger partial charge in [0.2, 0.25) is 0 Å². The number of hydrogen-bond donors (Lipinski definition) is 1. The third-order valence-corrected chi connectivity index (χ3v) is 3.80. The van der Waals surface area contributed by atoms with E-state index >= 15 is 0 Å². The van der Waals surface area contributed by atoms with Crippen LogP contribution in [0.25, 0.3) is 0 Å². The summed E-state index contributed by atoms with van der Waals surface area (Å²) in [7, 11) is 0. The van der Waals surface area contributed by atoms with Crippen molar-refractivity contribution < 1.29 is 5.11 Å². The molecular weight excluding hydrogens is 256 g/mol. The van der Waals surface area contributed by atoms with Crippen molar-refractivity contribution in [1.82, 2.24) is 0 Å². The summed E-state index contributed by atoms with van der Waals surface area (Å²) in [6.07, 6.45) is 6.03. The molecule has 2 aromatic carbocycles. The largest absolute Gasteiger partial charge is 0.389 e. The maximum absolute atomic E-state index is 11.1. The average Bonchev–Trinajstić information content (AvgIpc) is 2.49. The number of aliphatic hydroxyl groups is 1. The van der Waals surface area contributed by atoms with Crippen molar-refractivity contribution in [2.45, 2.75) is 37.7 Å². The van der Waals surface area contributed by atoms with Crippen LogP contribution in [-0.4, -0.2) is 10.7 Å². The number of benzene rings is 2. The minimum absolute atomic E-state index is 0.689. The summed E-state index contributed by atoms with van der Waals surface area (Å²) >= 11 is 0. The third kappa shape index (κ3) is 5.20. The quantitative estimate of drug-likeness (QED) is 0.555. The van der Waals surface area contributed by atoms with Crippen molar-refractivity contribution in [1.29, 1.82) is 0 Å². The first-order valence-corrected chi connectivity index (χ1v) is 7.63. The fourth-order valence-electron chi connectivity index (χ4n) is 2.77. The predicted octanol–water partition coefficient (Wildman–Crippen LogP) is 4.56. The first kappa shape index (κ1) is 15.5. The van der Waals surface area contributed by atoms with E-state index in [2.05, 4.69) is 30.8 Å². The zero-order valence-corrected chi connectivity index (χ0v) is 12.5. The molecule has 21 heavy (non-hydrogen) atoms. The van der Waals surface area contributed by atoms with E-state index in [1.165, 1.54) is 11.1 Å². The van der Waals surface area contributed by atoms with Crippen molar-refractivity contribution in [2.75, 3.05) is 0 Å². The van der Waals surface area contributed by atoms with Gasteiger partial charge in [-0.05, 0) is 30.4 Å². The van der Waals surface area contributed by atoms with Crippen LogP contribution >= 0.6 is 0 Å². The molecule has 0 amide bonds. The molecule has 0 aliphatic carbocycles. The summed E-state index contributed by atoms with van der Waals surface area (Å²) in [5, 5.41) is 11.1. The van der Waals surface area contributed by atoms with Crippen LogP contribution in [0.15, 0.2) is 73.3 Å². The van der Waals surface area contributed by atoms with E-state index in [1.807, 2.05) is 42.5 Å². The van der Waals surface area contributed by atoms with Gasteiger partial charge in [0.1, 0.15) is 0 Å². The first-order chi connectivity index (χ1) is 10.2. The second kappa shape index (κ2) is 7.80. The molecular formula is C20H24O. The molecule has 0 spiro atoms. The fraction of sp³-hybridized carbons (Fsp3) is 0.300. The Hall–Kier alpha value is -1.86. The van der Waals surface area contributed by atoms with E-state index in [0.29, 0.717) is 12.8 Å². The van der Waals surface area contributed by atoms with Crippen LogP contribution in [0, 0.1) is 0 Å². The van der Waals surface area contributed by atoms with Crippen LogP contribution in [0.3, 0.4) is 0 Å². The van der Waals surface area contributed by atoms with E-state index in [9.17, 15) is 5.11 Å². The van der Waals surface area contributed by atoms with Crippen LogP contribution in [-0.2, 0) is 12.8 Å². The molecule has 0 aliphatic rings. The average molecular weight is 280 g/mol. The van der Waals surface area contributed by atoms with Gasteiger partial charge in [0.25, 0.3) is 0 Å². The zero-order chi connectivity index (χ0) is 15.0. The summed E-state index contributed by atoms with van der Waals surface area (Å²) in [5.74, 6) is 0. The maximum atomic E-state index is 11.1. The van der Waals surface area contributed by atoms with Gasteiger partial charge in [-0.1, -0.05) is 66.7 Å². The molecule has 0 bridgehead atoms. The Bertz CT molecular complexity index is 489. The summed E-state index contributed by atoms with van der Waals surface area (Å²) in [5.41, 5.74) is 1.69. The van der Waals surface area contributed by atoms with Gasteiger partial charge in [0.15, 0.2) is 0 Å². The molecule has 0 atom stereocenters. The second-order valence-electron chi connectivity index (χ2n) is 5.73. The van der Waals surface area contributed by atoms with Crippen LogP contribution in [0.1, 0.15) is 30.4 Å². The van der Waals surface area contributed by atoms with Gasteiger partial charge in [-0.25, -0.2) is 0 Å².